The molecule has 0 radical (unpaired) electrons. The summed E-state index contributed by atoms with van der Waals surface area (Å²) in [5.74, 6) is -0.949. The number of phosphoric acid groups is 1. The number of allylic oxidation sites excluding steroid dienone is 15. The molecule has 10 nitrogen and oxygen atoms in total. The van der Waals surface area contributed by atoms with Crippen LogP contribution < -0.4 is 0 Å². The van der Waals surface area contributed by atoms with Crippen molar-refractivity contribution in [2.75, 3.05) is 47.5 Å². The Bertz CT molecular complexity index is 1310. The second-order valence-electron chi connectivity index (χ2n) is 14.8. The van der Waals surface area contributed by atoms with Crippen molar-refractivity contribution in [2.45, 2.75) is 135 Å². The maximum Gasteiger partial charge on any atom is 0.472 e. The highest BCUT2D eigenvalue weighted by atomic mass is 31.2. The average molecular weight is 819 g/mol. The molecule has 0 fully saturated rings. The Balaban J connectivity index is 4.61. The van der Waals surface area contributed by atoms with E-state index in [1.54, 1.807) is 0 Å². The molecule has 0 saturated heterocycles. The Hall–Kier alpha value is -3.11. The summed E-state index contributed by atoms with van der Waals surface area (Å²) in [6.07, 6.45) is 45.2. The number of esters is 2. The topological polar surface area (TPSA) is 129 Å². The summed E-state index contributed by atoms with van der Waals surface area (Å²) >= 11 is 0. The summed E-state index contributed by atoms with van der Waals surface area (Å²) in [7, 11) is 1.37. The minimum absolute atomic E-state index is 0.00154. The van der Waals surface area contributed by atoms with E-state index >= 15 is 0 Å². The summed E-state index contributed by atoms with van der Waals surface area (Å²) in [4.78, 5) is 35.3. The molecule has 0 aromatic carbocycles. The van der Waals surface area contributed by atoms with Crippen LogP contribution in [0.1, 0.15) is 123 Å². The number of likely N-dealkylation sites (N-methyl/N-ethyl adjacent to an activating group) is 1. The summed E-state index contributed by atoms with van der Waals surface area (Å²) in [5, 5.41) is 9.82. The fourth-order valence-electron chi connectivity index (χ4n) is 4.84. The molecule has 0 aliphatic carbocycles. The van der Waals surface area contributed by atoms with Gasteiger partial charge in [-0.15, -0.1) is 0 Å². The number of aliphatic hydroxyl groups is 1. The predicted octanol–water partition coefficient (Wildman–Crippen LogP) is 10.8. The largest absolute Gasteiger partial charge is 0.472 e. The lowest BCUT2D eigenvalue weighted by Gasteiger charge is -2.24. The molecule has 0 aromatic heterocycles. The smallest absolute Gasteiger partial charge is 0.462 e. The van der Waals surface area contributed by atoms with E-state index in [9.17, 15) is 24.2 Å². The molecule has 0 heterocycles. The third-order valence-electron chi connectivity index (χ3n) is 8.17. The van der Waals surface area contributed by atoms with E-state index in [0.29, 0.717) is 30.3 Å². The fourth-order valence-corrected chi connectivity index (χ4v) is 5.58. The molecule has 0 amide bonds. The van der Waals surface area contributed by atoms with E-state index < -0.39 is 32.5 Å². The van der Waals surface area contributed by atoms with Crippen LogP contribution in [-0.4, -0.2) is 86.1 Å². The van der Waals surface area contributed by atoms with Gasteiger partial charge in [0.2, 0.25) is 0 Å². The third-order valence-corrected chi connectivity index (χ3v) is 9.15. The number of carbonyl (C=O) groups is 2. The maximum atomic E-state index is 12.7. The van der Waals surface area contributed by atoms with Gasteiger partial charge in [0.15, 0.2) is 6.10 Å². The molecule has 0 rings (SSSR count). The quantitative estimate of drug-likeness (QED) is 0.0209. The van der Waals surface area contributed by atoms with Gasteiger partial charge in [0.25, 0.3) is 0 Å². The summed E-state index contributed by atoms with van der Waals surface area (Å²) < 4.78 is 34.1. The molecule has 0 spiro atoms. The van der Waals surface area contributed by atoms with Crippen molar-refractivity contribution in [3.63, 3.8) is 0 Å². The Morgan fingerprint density at radius 2 is 1.14 bits per heavy atom. The van der Waals surface area contributed by atoms with Crippen molar-refractivity contribution in [3.8, 4) is 0 Å². The van der Waals surface area contributed by atoms with E-state index in [4.69, 9.17) is 18.5 Å². The van der Waals surface area contributed by atoms with Gasteiger partial charge in [0, 0.05) is 12.8 Å². The second-order valence-corrected chi connectivity index (χ2v) is 16.3. The first-order valence-electron chi connectivity index (χ1n) is 21.1. The summed E-state index contributed by atoms with van der Waals surface area (Å²) in [6, 6.07) is 0. The standard InChI is InChI=1S/C46H76NO9P/c1-6-8-10-11-12-13-14-15-16-17-21-24-27-30-33-37-45(49)53-41-44(42-55-57(51,52)54-40-39-47(3,4)5)56-46(50)38-34-31-28-25-22-19-18-20-23-26-29-32-36-43(48)35-9-7-2/h8,10,12-13,15-16,18-19,21,23-26,28,32,36,43-44,48H,6-7,9,11,14,17,20,22,27,29-31,33-35,37-42H2,1-5H3/p+1/b10-8-,13-12-,16-15-,19-18-,24-21-,26-23-,28-25-,36-32-/t43-,44-/m1/s1. The van der Waals surface area contributed by atoms with Crippen molar-refractivity contribution in [3.05, 3.63) is 97.2 Å². The van der Waals surface area contributed by atoms with Gasteiger partial charge in [-0.2, -0.15) is 0 Å². The Morgan fingerprint density at radius 3 is 1.68 bits per heavy atom. The van der Waals surface area contributed by atoms with Crippen molar-refractivity contribution < 1.29 is 47.2 Å². The molecule has 0 aromatic rings. The van der Waals surface area contributed by atoms with Crippen LogP contribution in [0, 0.1) is 0 Å². The lowest BCUT2D eigenvalue weighted by molar-refractivity contribution is -0.870. The number of nitrogens with zero attached hydrogens (tertiary/aromatic N) is 1. The fraction of sp³-hybridized carbons (Fsp3) is 0.609. The lowest BCUT2D eigenvalue weighted by atomic mass is 10.1. The highest BCUT2D eigenvalue weighted by molar-refractivity contribution is 7.47. The van der Waals surface area contributed by atoms with E-state index in [2.05, 4.69) is 86.8 Å². The molecular weight excluding hydrogens is 741 g/mol. The minimum Gasteiger partial charge on any atom is -0.462 e. The monoisotopic (exact) mass is 819 g/mol. The van der Waals surface area contributed by atoms with Gasteiger partial charge in [-0.1, -0.05) is 124 Å². The number of hydrogen-bond donors (Lipinski definition) is 2. The molecule has 324 valence electrons. The Morgan fingerprint density at radius 1 is 0.632 bits per heavy atom. The summed E-state index contributed by atoms with van der Waals surface area (Å²) in [6.45, 7) is 3.98. The van der Waals surface area contributed by atoms with E-state index in [1.165, 1.54) is 0 Å². The van der Waals surface area contributed by atoms with Crippen LogP contribution in [0.5, 0.6) is 0 Å². The van der Waals surface area contributed by atoms with Crippen molar-refractivity contribution in [1.82, 2.24) is 0 Å². The molecule has 11 heteroatoms. The van der Waals surface area contributed by atoms with Gasteiger partial charge < -0.3 is 24.0 Å². The molecule has 3 atom stereocenters. The molecular formula is C46H77NO9P+. The number of ether oxygens (including phenoxy) is 2. The van der Waals surface area contributed by atoms with E-state index in [0.717, 1.165) is 77.0 Å². The maximum absolute atomic E-state index is 12.7. The van der Waals surface area contributed by atoms with Crippen molar-refractivity contribution in [1.29, 1.82) is 0 Å². The number of unbranched alkanes of at least 4 members (excludes halogenated alkanes) is 4. The Kier molecular flexibility index (Phi) is 35.2. The van der Waals surface area contributed by atoms with Gasteiger partial charge in [-0.3, -0.25) is 18.6 Å². The van der Waals surface area contributed by atoms with Gasteiger partial charge >= 0.3 is 19.8 Å². The molecule has 57 heavy (non-hydrogen) atoms. The SMILES string of the molecule is CC/C=C\C/C=C\C/C=C\C/C=C\CCCCC(=O)OC[C@H](COP(=O)(O)OCC[N+](C)(C)C)OC(=O)CCC/C=C\C/C=C\C/C=C\C/C=C\[C@H](O)CCCC. The zero-order valence-electron chi connectivity index (χ0n) is 35.9. The highest BCUT2D eigenvalue weighted by Crippen LogP contribution is 2.43. The number of phosphoric ester groups is 1. The molecule has 0 aliphatic heterocycles. The predicted molar refractivity (Wildman–Crippen MR) is 234 cm³/mol. The van der Waals surface area contributed by atoms with Gasteiger partial charge in [0.1, 0.15) is 19.8 Å². The average Bonchev–Trinajstić information content (AvgIpc) is 3.16. The number of aliphatic hydroxyl groups excluding tert-OH is 1. The van der Waals surface area contributed by atoms with Crippen LogP contribution in [0.2, 0.25) is 0 Å². The summed E-state index contributed by atoms with van der Waals surface area (Å²) in [5.41, 5.74) is 0. The number of rotatable bonds is 36. The zero-order valence-corrected chi connectivity index (χ0v) is 36.8. The first-order valence-corrected chi connectivity index (χ1v) is 22.5. The van der Waals surface area contributed by atoms with Gasteiger partial charge in [0.05, 0.1) is 33.9 Å². The first-order chi connectivity index (χ1) is 27.4. The van der Waals surface area contributed by atoms with E-state index in [1.807, 2.05) is 45.4 Å². The normalized spacial score (nSPS) is 15.1. The molecule has 0 saturated carbocycles. The highest BCUT2D eigenvalue weighted by Gasteiger charge is 2.27. The van der Waals surface area contributed by atoms with Crippen LogP contribution in [0.25, 0.3) is 0 Å². The molecule has 2 N–H and O–H groups in total. The minimum atomic E-state index is -4.41. The number of quaternary nitrogens is 1. The number of hydrogen-bond acceptors (Lipinski definition) is 8. The first kappa shape index (κ1) is 53.9. The van der Waals surface area contributed by atoms with Gasteiger partial charge in [-0.25, -0.2) is 4.57 Å². The second kappa shape index (κ2) is 37.2. The van der Waals surface area contributed by atoms with Crippen molar-refractivity contribution >= 4 is 19.8 Å². The Labute approximate surface area is 346 Å². The van der Waals surface area contributed by atoms with Gasteiger partial charge in [-0.05, 0) is 83.5 Å². The third kappa shape index (κ3) is 40.9. The van der Waals surface area contributed by atoms with Crippen LogP contribution in [-0.2, 0) is 32.7 Å². The van der Waals surface area contributed by atoms with Crippen LogP contribution in [0.4, 0.5) is 0 Å². The van der Waals surface area contributed by atoms with Crippen LogP contribution >= 0.6 is 7.82 Å². The lowest BCUT2D eigenvalue weighted by Crippen LogP contribution is -2.37. The molecule has 0 bridgehead atoms. The number of carbonyl (C=O) groups excluding carboxylic acids is 2. The molecule has 1 unspecified atom stereocenters. The van der Waals surface area contributed by atoms with Crippen LogP contribution in [0.3, 0.4) is 0 Å². The van der Waals surface area contributed by atoms with Crippen molar-refractivity contribution in [2.24, 2.45) is 0 Å². The molecule has 0 aliphatic rings. The van der Waals surface area contributed by atoms with E-state index in [-0.39, 0.29) is 32.2 Å². The zero-order chi connectivity index (χ0) is 42.3. The van der Waals surface area contributed by atoms with Crippen LogP contribution in [0.15, 0.2) is 97.2 Å².